The summed E-state index contributed by atoms with van der Waals surface area (Å²) in [5.41, 5.74) is 1.20. The van der Waals surface area contributed by atoms with Gasteiger partial charge in [-0.05, 0) is 18.2 Å². The number of amides is 1. The van der Waals surface area contributed by atoms with Gasteiger partial charge in [-0.25, -0.2) is 9.78 Å². The first-order valence-corrected chi connectivity index (χ1v) is 7.17. The minimum absolute atomic E-state index is 0.268. The van der Waals surface area contributed by atoms with Gasteiger partial charge in [-0.3, -0.25) is 15.3 Å². The Morgan fingerprint density at radius 1 is 1.00 bits per heavy atom. The number of rotatable bonds is 5. The molecular formula is C17H14N4O3. The van der Waals surface area contributed by atoms with Crippen molar-refractivity contribution in [3.8, 4) is 11.6 Å². The second-order valence-corrected chi connectivity index (χ2v) is 4.70. The monoisotopic (exact) mass is 322 g/mol. The molecule has 24 heavy (non-hydrogen) atoms. The number of hydrogen-bond donors (Lipinski definition) is 1. The van der Waals surface area contributed by atoms with Crippen molar-refractivity contribution in [2.24, 2.45) is 0 Å². The number of para-hydroxylation sites is 1. The van der Waals surface area contributed by atoms with Crippen molar-refractivity contribution < 1.29 is 14.3 Å². The maximum Gasteiger partial charge on any atom is 0.417 e. The molecule has 0 aliphatic carbocycles. The number of pyridine rings is 1. The Bertz CT molecular complexity index is 780. The highest BCUT2D eigenvalue weighted by atomic mass is 16.6. The Hall–Kier alpha value is -3.48. The van der Waals surface area contributed by atoms with Gasteiger partial charge in [0.1, 0.15) is 12.4 Å². The van der Waals surface area contributed by atoms with E-state index in [0.717, 1.165) is 0 Å². The summed E-state index contributed by atoms with van der Waals surface area (Å²) in [5, 5.41) is 2.59. The number of carbonyl (C=O) groups is 1. The van der Waals surface area contributed by atoms with Gasteiger partial charge in [0, 0.05) is 18.5 Å². The smallest absolute Gasteiger partial charge is 0.417 e. The third-order valence-corrected chi connectivity index (χ3v) is 2.92. The molecule has 2 heterocycles. The van der Waals surface area contributed by atoms with E-state index in [-0.39, 0.29) is 6.61 Å². The molecule has 0 saturated carbocycles. The lowest BCUT2D eigenvalue weighted by molar-refractivity contribution is 0.215. The number of nitrogens with zero attached hydrogens (tertiary/aromatic N) is 3. The molecule has 0 spiro atoms. The fourth-order valence-electron chi connectivity index (χ4n) is 1.83. The fourth-order valence-corrected chi connectivity index (χ4v) is 1.83. The second-order valence-electron chi connectivity index (χ2n) is 4.70. The van der Waals surface area contributed by atoms with Crippen LogP contribution in [0.4, 0.5) is 10.5 Å². The van der Waals surface area contributed by atoms with E-state index < -0.39 is 6.09 Å². The molecule has 7 nitrogen and oxygen atoms in total. The van der Waals surface area contributed by atoms with E-state index in [1.807, 2.05) is 6.07 Å². The van der Waals surface area contributed by atoms with E-state index >= 15 is 0 Å². The van der Waals surface area contributed by atoms with E-state index in [9.17, 15) is 4.79 Å². The van der Waals surface area contributed by atoms with Crippen LogP contribution in [0.15, 0.2) is 67.3 Å². The molecule has 0 atom stereocenters. The van der Waals surface area contributed by atoms with Crippen LogP contribution >= 0.6 is 0 Å². The zero-order valence-corrected chi connectivity index (χ0v) is 12.6. The van der Waals surface area contributed by atoms with E-state index in [4.69, 9.17) is 9.47 Å². The lowest BCUT2D eigenvalue weighted by Crippen LogP contribution is -2.16. The van der Waals surface area contributed by atoms with Gasteiger partial charge in [-0.1, -0.05) is 18.2 Å². The van der Waals surface area contributed by atoms with Gasteiger partial charge in [-0.15, -0.1) is 0 Å². The van der Waals surface area contributed by atoms with Crippen LogP contribution in [0.2, 0.25) is 0 Å². The summed E-state index contributed by atoms with van der Waals surface area (Å²) in [6.45, 7) is 0.268. The van der Waals surface area contributed by atoms with Crippen molar-refractivity contribution in [2.75, 3.05) is 5.32 Å². The van der Waals surface area contributed by atoms with Crippen molar-refractivity contribution in [3.63, 3.8) is 0 Å². The molecule has 3 aromatic rings. The first-order valence-electron chi connectivity index (χ1n) is 7.17. The Labute approximate surface area is 138 Å². The van der Waals surface area contributed by atoms with Crippen molar-refractivity contribution in [3.05, 3.63) is 72.9 Å². The van der Waals surface area contributed by atoms with E-state index in [0.29, 0.717) is 23.0 Å². The highest BCUT2D eigenvalue weighted by molar-refractivity contribution is 5.86. The van der Waals surface area contributed by atoms with Crippen molar-refractivity contribution in [1.29, 1.82) is 0 Å². The average Bonchev–Trinajstić information content (AvgIpc) is 2.63. The van der Waals surface area contributed by atoms with E-state index in [2.05, 4.69) is 20.3 Å². The molecule has 0 aliphatic heterocycles. The normalized spacial score (nSPS) is 10.0. The maximum atomic E-state index is 11.8. The van der Waals surface area contributed by atoms with Gasteiger partial charge in [-0.2, -0.15) is 0 Å². The molecule has 1 amide bonds. The molecular weight excluding hydrogens is 308 g/mol. The SMILES string of the molecule is O=C(Nc1ccc(OCc2cnccn2)nc1)Oc1ccccc1. The summed E-state index contributed by atoms with van der Waals surface area (Å²) in [6, 6.07) is 12.1. The molecule has 0 bridgehead atoms. The van der Waals surface area contributed by atoms with Crippen molar-refractivity contribution in [2.45, 2.75) is 6.61 Å². The zero-order valence-electron chi connectivity index (χ0n) is 12.6. The largest absolute Gasteiger partial charge is 0.471 e. The predicted molar refractivity (Wildman–Crippen MR) is 86.7 cm³/mol. The van der Waals surface area contributed by atoms with Gasteiger partial charge in [0.15, 0.2) is 0 Å². The van der Waals surface area contributed by atoms with Crippen LogP contribution in [-0.4, -0.2) is 21.0 Å². The Kier molecular flexibility index (Phi) is 4.94. The van der Waals surface area contributed by atoms with Crippen LogP contribution in [0, 0.1) is 0 Å². The fraction of sp³-hybridized carbons (Fsp3) is 0.0588. The van der Waals surface area contributed by atoms with Crippen molar-refractivity contribution >= 4 is 11.8 Å². The summed E-state index contributed by atoms with van der Waals surface area (Å²) in [4.78, 5) is 23.9. The summed E-state index contributed by atoms with van der Waals surface area (Å²) in [7, 11) is 0. The van der Waals surface area contributed by atoms with Crippen LogP contribution in [0.3, 0.4) is 0 Å². The molecule has 0 radical (unpaired) electrons. The summed E-state index contributed by atoms with van der Waals surface area (Å²) in [6.07, 6.45) is 5.71. The number of carbonyl (C=O) groups excluding carboxylic acids is 1. The number of hydrogen-bond acceptors (Lipinski definition) is 6. The molecule has 3 rings (SSSR count). The maximum absolute atomic E-state index is 11.8. The second kappa shape index (κ2) is 7.68. The van der Waals surface area contributed by atoms with Gasteiger partial charge in [0.25, 0.3) is 0 Å². The molecule has 120 valence electrons. The average molecular weight is 322 g/mol. The first-order chi connectivity index (χ1) is 11.8. The molecule has 1 aromatic carbocycles. The summed E-state index contributed by atoms with van der Waals surface area (Å²) < 4.78 is 10.6. The topological polar surface area (TPSA) is 86.2 Å². The highest BCUT2D eigenvalue weighted by Gasteiger charge is 2.05. The van der Waals surface area contributed by atoms with Gasteiger partial charge < -0.3 is 9.47 Å². The van der Waals surface area contributed by atoms with Crippen LogP contribution in [-0.2, 0) is 6.61 Å². The minimum Gasteiger partial charge on any atom is -0.471 e. The number of nitrogens with one attached hydrogen (secondary N) is 1. The lowest BCUT2D eigenvalue weighted by Gasteiger charge is -2.07. The van der Waals surface area contributed by atoms with Gasteiger partial charge in [0.05, 0.1) is 23.8 Å². The minimum atomic E-state index is -0.587. The highest BCUT2D eigenvalue weighted by Crippen LogP contribution is 2.14. The third-order valence-electron chi connectivity index (χ3n) is 2.92. The van der Waals surface area contributed by atoms with Crippen molar-refractivity contribution in [1.82, 2.24) is 15.0 Å². The quantitative estimate of drug-likeness (QED) is 0.777. The molecule has 0 fully saturated rings. The number of aromatic nitrogens is 3. The van der Waals surface area contributed by atoms with Gasteiger partial charge >= 0.3 is 6.09 Å². The number of anilines is 1. The molecule has 1 N–H and O–H groups in total. The Morgan fingerprint density at radius 2 is 1.88 bits per heavy atom. The summed E-state index contributed by atoms with van der Waals surface area (Å²) >= 11 is 0. The van der Waals surface area contributed by atoms with E-state index in [1.54, 1.807) is 55.0 Å². The van der Waals surface area contributed by atoms with Crippen LogP contribution < -0.4 is 14.8 Å². The molecule has 0 unspecified atom stereocenters. The zero-order chi connectivity index (χ0) is 16.6. The molecule has 2 aromatic heterocycles. The standard InChI is InChI=1S/C17H14N4O3/c22-17(24-15-4-2-1-3-5-15)21-13-6-7-16(20-11-13)23-12-14-10-18-8-9-19-14/h1-11H,12H2,(H,21,22). The Balaban J connectivity index is 1.51. The predicted octanol–water partition coefficient (Wildman–Crippen LogP) is 3.06. The first kappa shape index (κ1) is 15.4. The number of ether oxygens (including phenoxy) is 2. The summed E-state index contributed by atoms with van der Waals surface area (Å²) in [5.74, 6) is 0.884. The third kappa shape index (κ3) is 4.51. The van der Waals surface area contributed by atoms with Crippen LogP contribution in [0.25, 0.3) is 0 Å². The Morgan fingerprint density at radius 3 is 2.58 bits per heavy atom. The lowest BCUT2D eigenvalue weighted by atomic mass is 10.3. The van der Waals surface area contributed by atoms with Crippen LogP contribution in [0.1, 0.15) is 5.69 Å². The van der Waals surface area contributed by atoms with E-state index in [1.165, 1.54) is 6.20 Å². The molecule has 7 heteroatoms. The molecule has 0 aliphatic rings. The van der Waals surface area contributed by atoms with Crippen LogP contribution in [0.5, 0.6) is 11.6 Å². The van der Waals surface area contributed by atoms with Gasteiger partial charge in [0.2, 0.25) is 5.88 Å². The number of benzene rings is 1. The molecule has 0 saturated heterocycles.